The van der Waals surface area contributed by atoms with Crippen LogP contribution in [0.15, 0.2) is 29.2 Å². The lowest BCUT2D eigenvalue weighted by Gasteiger charge is -2.13. The zero-order chi connectivity index (χ0) is 15.7. The van der Waals surface area contributed by atoms with Crippen molar-refractivity contribution in [3.05, 3.63) is 24.3 Å². The topological polar surface area (TPSA) is 49.4 Å². The summed E-state index contributed by atoms with van der Waals surface area (Å²) in [7, 11) is -0.257. The fourth-order valence-corrected chi connectivity index (χ4v) is 3.06. The molecule has 1 aromatic rings. The minimum absolute atomic E-state index is 0.334. The van der Waals surface area contributed by atoms with Crippen LogP contribution in [-0.4, -0.2) is 33.4 Å². The van der Waals surface area contributed by atoms with Crippen LogP contribution >= 0.6 is 0 Å². The third kappa shape index (κ3) is 6.06. The van der Waals surface area contributed by atoms with Crippen molar-refractivity contribution in [2.75, 3.05) is 26.0 Å². The molecule has 21 heavy (non-hydrogen) atoms. The first-order valence-corrected chi connectivity index (χ1v) is 9.19. The molecule has 0 saturated heterocycles. The van der Waals surface area contributed by atoms with Crippen LogP contribution in [0.1, 0.15) is 45.4 Å². The largest absolute Gasteiger partial charge is 0.385 e. The highest BCUT2D eigenvalue weighted by atomic mass is 32.2. The fourth-order valence-electron chi connectivity index (χ4n) is 2.12. The van der Waals surface area contributed by atoms with Crippen molar-refractivity contribution in [1.29, 1.82) is 0 Å². The van der Waals surface area contributed by atoms with Gasteiger partial charge in [0.15, 0.2) is 0 Å². The number of nitrogens with one attached hydrogen (secondary N) is 1. The number of anilines is 1. The lowest BCUT2D eigenvalue weighted by molar-refractivity contribution is 0.521. The SMILES string of the molecule is CCCCCCCCNc1cccc(S(=O)(=O)N(C)C)c1. The Balaban J connectivity index is 2.44. The third-order valence-electron chi connectivity index (χ3n) is 3.47. The maximum absolute atomic E-state index is 12.1. The predicted octanol–water partition coefficient (Wildman–Crippen LogP) is 3.71. The Hall–Kier alpha value is -1.07. The van der Waals surface area contributed by atoms with Gasteiger partial charge in [-0.25, -0.2) is 12.7 Å². The van der Waals surface area contributed by atoms with E-state index in [1.54, 1.807) is 32.3 Å². The van der Waals surface area contributed by atoms with Gasteiger partial charge in [-0.3, -0.25) is 0 Å². The summed E-state index contributed by atoms with van der Waals surface area (Å²) in [5.74, 6) is 0. The van der Waals surface area contributed by atoms with Gasteiger partial charge < -0.3 is 5.32 Å². The molecule has 0 heterocycles. The average molecular weight is 312 g/mol. The van der Waals surface area contributed by atoms with Gasteiger partial charge in [-0.1, -0.05) is 45.1 Å². The quantitative estimate of drug-likeness (QED) is 0.670. The Labute approximate surface area is 129 Å². The minimum atomic E-state index is -3.35. The van der Waals surface area contributed by atoms with Gasteiger partial charge in [-0.05, 0) is 24.6 Å². The van der Waals surface area contributed by atoms with E-state index in [1.807, 2.05) is 6.07 Å². The molecule has 0 aliphatic rings. The first-order valence-electron chi connectivity index (χ1n) is 7.75. The molecule has 0 atom stereocenters. The molecule has 0 amide bonds. The van der Waals surface area contributed by atoms with E-state index in [1.165, 1.54) is 36.4 Å². The Morgan fingerprint density at radius 1 is 1.05 bits per heavy atom. The van der Waals surface area contributed by atoms with Gasteiger partial charge in [0.2, 0.25) is 10.0 Å². The third-order valence-corrected chi connectivity index (χ3v) is 5.28. The smallest absolute Gasteiger partial charge is 0.242 e. The summed E-state index contributed by atoms with van der Waals surface area (Å²) in [5.41, 5.74) is 0.867. The van der Waals surface area contributed by atoms with E-state index >= 15 is 0 Å². The molecule has 0 aliphatic carbocycles. The molecule has 0 unspecified atom stereocenters. The van der Waals surface area contributed by atoms with Gasteiger partial charge in [0.05, 0.1) is 4.90 Å². The summed E-state index contributed by atoms with van der Waals surface area (Å²) in [6.07, 6.45) is 7.53. The van der Waals surface area contributed by atoms with E-state index in [0.717, 1.165) is 18.7 Å². The summed E-state index contributed by atoms with van der Waals surface area (Å²) in [6, 6.07) is 7.02. The Bertz CT molecular complexity index is 513. The van der Waals surface area contributed by atoms with Crippen LogP contribution in [0, 0.1) is 0 Å². The van der Waals surface area contributed by atoms with Crippen molar-refractivity contribution < 1.29 is 8.42 Å². The Morgan fingerprint density at radius 2 is 1.71 bits per heavy atom. The van der Waals surface area contributed by atoms with Crippen LogP contribution in [0.5, 0.6) is 0 Å². The molecule has 4 nitrogen and oxygen atoms in total. The normalized spacial score (nSPS) is 11.8. The van der Waals surface area contributed by atoms with Crippen LogP contribution in [-0.2, 0) is 10.0 Å². The lowest BCUT2D eigenvalue weighted by atomic mass is 10.1. The van der Waals surface area contributed by atoms with Gasteiger partial charge in [-0.15, -0.1) is 0 Å². The second-order valence-electron chi connectivity index (χ2n) is 5.51. The van der Waals surface area contributed by atoms with Crippen LogP contribution in [0.2, 0.25) is 0 Å². The van der Waals surface area contributed by atoms with Crippen molar-refractivity contribution in [3.63, 3.8) is 0 Å². The zero-order valence-corrected chi connectivity index (χ0v) is 14.2. The molecule has 0 bridgehead atoms. The van der Waals surface area contributed by atoms with E-state index in [9.17, 15) is 8.42 Å². The monoisotopic (exact) mass is 312 g/mol. The van der Waals surface area contributed by atoms with Gasteiger partial charge in [0.25, 0.3) is 0 Å². The Kier molecular flexibility index (Phi) is 7.75. The number of hydrogen-bond donors (Lipinski definition) is 1. The van der Waals surface area contributed by atoms with E-state index in [0.29, 0.717) is 4.90 Å². The molecule has 1 aromatic carbocycles. The highest BCUT2D eigenvalue weighted by molar-refractivity contribution is 7.89. The number of benzene rings is 1. The molecule has 0 aliphatic heterocycles. The van der Waals surface area contributed by atoms with E-state index in [2.05, 4.69) is 12.2 Å². The summed E-state index contributed by atoms with van der Waals surface area (Å²) < 4.78 is 25.4. The van der Waals surface area contributed by atoms with E-state index in [4.69, 9.17) is 0 Å². The van der Waals surface area contributed by atoms with Crippen molar-refractivity contribution in [2.24, 2.45) is 0 Å². The molecule has 5 heteroatoms. The second kappa shape index (κ2) is 9.05. The summed E-state index contributed by atoms with van der Waals surface area (Å²) in [4.78, 5) is 0.334. The molecule has 0 radical (unpaired) electrons. The van der Waals surface area contributed by atoms with Gasteiger partial charge in [0.1, 0.15) is 0 Å². The number of sulfonamides is 1. The molecular formula is C16H28N2O2S. The second-order valence-corrected chi connectivity index (χ2v) is 7.66. The molecule has 1 N–H and O–H groups in total. The number of rotatable bonds is 10. The number of hydrogen-bond acceptors (Lipinski definition) is 3. The first-order chi connectivity index (χ1) is 9.98. The van der Waals surface area contributed by atoms with Crippen molar-refractivity contribution >= 4 is 15.7 Å². The van der Waals surface area contributed by atoms with Crippen LogP contribution in [0.3, 0.4) is 0 Å². The fraction of sp³-hybridized carbons (Fsp3) is 0.625. The maximum atomic E-state index is 12.1. The standard InChI is InChI=1S/C16H28N2O2S/c1-4-5-6-7-8-9-13-17-15-11-10-12-16(14-15)21(19,20)18(2)3/h10-12,14,17H,4-9,13H2,1-3H3. The van der Waals surface area contributed by atoms with Crippen LogP contribution < -0.4 is 5.32 Å². The summed E-state index contributed by atoms with van der Waals surface area (Å²) in [5, 5.41) is 3.30. The summed E-state index contributed by atoms with van der Waals surface area (Å²) >= 11 is 0. The van der Waals surface area contributed by atoms with E-state index < -0.39 is 10.0 Å². The number of nitrogens with zero attached hydrogens (tertiary/aromatic N) is 1. The highest BCUT2D eigenvalue weighted by Crippen LogP contribution is 2.18. The molecule has 1 rings (SSSR count). The molecule has 0 aromatic heterocycles. The van der Waals surface area contributed by atoms with Crippen molar-refractivity contribution in [2.45, 2.75) is 50.3 Å². The van der Waals surface area contributed by atoms with Gasteiger partial charge in [-0.2, -0.15) is 0 Å². The zero-order valence-electron chi connectivity index (χ0n) is 13.4. The first kappa shape index (κ1) is 18.0. The van der Waals surface area contributed by atoms with Crippen molar-refractivity contribution in [3.8, 4) is 0 Å². The Morgan fingerprint density at radius 3 is 2.38 bits per heavy atom. The molecule has 0 spiro atoms. The molecular weight excluding hydrogens is 284 g/mol. The summed E-state index contributed by atoms with van der Waals surface area (Å²) in [6.45, 7) is 3.11. The van der Waals surface area contributed by atoms with Gasteiger partial charge >= 0.3 is 0 Å². The molecule has 0 fully saturated rings. The number of unbranched alkanes of at least 4 members (excludes halogenated alkanes) is 5. The van der Waals surface area contributed by atoms with Gasteiger partial charge in [0, 0.05) is 26.3 Å². The van der Waals surface area contributed by atoms with Crippen LogP contribution in [0.4, 0.5) is 5.69 Å². The predicted molar refractivity (Wildman–Crippen MR) is 89.2 cm³/mol. The van der Waals surface area contributed by atoms with Crippen LogP contribution in [0.25, 0.3) is 0 Å². The lowest BCUT2D eigenvalue weighted by Crippen LogP contribution is -2.22. The van der Waals surface area contributed by atoms with E-state index in [-0.39, 0.29) is 0 Å². The maximum Gasteiger partial charge on any atom is 0.242 e. The minimum Gasteiger partial charge on any atom is -0.385 e. The highest BCUT2D eigenvalue weighted by Gasteiger charge is 2.16. The van der Waals surface area contributed by atoms with Crippen molar-refractivity contribution in [1.82, 2.24) is 4.31 Å². The molecule has 120 valence electrons. The molecule has 0 saturated carbocycles. The average Bonchev–Trinajstić information content (AvgIpc) is 2.46.